The first-order valence-corrected chi connectivity index (χ1v) is 5.40. The highest BCUT2D eigenvalue weighted by Crippen LogP contribution is 2.44. The molecule has 0 saturated heterocycles. The van der Waals surface area contributed by atoms with Crippen molar-refractivity contribution in [1.82, 2.24) is 9.97 Å². The molecule has 0 radical (unpaired) electrons. The molecule has 0 bridgehead atoms. The SMILES string of the molecule is CC1(CNc2ncnc(N)c2Br)CC1. The largest absolute Gasteiger partial charge is 0.383 e. The summed E-state index contributed by atoms with van der Waals surface area (Å²) in [5, 5.41) is 3.28. The molecule has 1 aromatic rings. The lowest BCUT2D eigenvalue weighted by atomic mass is 10.1. The van der Waals surface area contributed by atoms with E-state index in [4.69, 9.17) is 5.73 Å². The minimum atomic E-state index is 0.457. The van der Waals surface area contributed by atoms with Gasteiger partial charge in [-0.2, -0.15) is 0 Å². The Hall–Kier alpha value is -0.840. The maximum atomic E-state index is 5.64. The predicted octanol–water partition coefficient (Wildman–Crippen LogP) is 2.03. The molecule has 0 aliphatic heterocycles. The van der Waals surface area contributed by atoms with Gasteiger partial charge in [0.05, 0.1) is 0 Å². The number of aromatic nitrogens is 2. The zero-order chi connectivity index (χ0) is 10.2. The Bertz CT molecular complexity index is 349. The van der Waals surface area contributed by atoms with E-state index in [0.717, 1.165) is 16.8 Å². The first-order chi connectivity index (χ1) is 6.61. The second kappa shape index (κ2) is 3.38. The van der Waals surface area contributed by atoms with E-state index >= 15 is 0 Å². The summed E-state index contributed by atoms with van der Waals surface area (Å²) in [6.07, 6.45) is 4.05. The van der Waals surface area contributed by atoms with Crippen molar-refractivity contribution in [2.75, 3.05) is 17.6 Å². The molecule has 0 unspecified atom stereocenters. The van der Waals surface area contributed by atoms with Crippen LogP contribution >= 0.6 is 15.9 Å². The highest BCUT2D eigenvalue weighted by molar-refractivity contribution is 9.10. The summed E-state index contributed by atoms with van der Waals surface area (Å²) in [5.41, 5.74) is 6.10. The van der Waals surface area contributed by atoms with E-state index in [2.05, 4.69) is 38.1 Å². The Balaban J connectivity index is 2.05. The fourth-order valence-corrected chi connectivity index (χ4v) is 1.54. The molecule has 1 aliphatic carbocycles. The van der Waals surface area contributed by atoms with Crippen molar-refractivity contribution in [2.45, 2.75) is 19.8 Å². The van der Waals surface area contributed by atoms with E-state index in [-0.39, 0.29) is 0 Å². The second-order valence-electron chi connectivity index (χ2n) is 4.09. The van der Waals surface area contributed by atoms with Gasteiger partial charge in [-0.1, -0.05) is 6.92 Å². The van der Waals surface area contributed by atoms with Gasteiger partial charge in [0.25, 0.3) is 0 Å². The quantitative estimate of drug-likeness (QED) is 0.869. The van der Waals surface area contributed by atoms with E-state index in [9.17, 15) is 0 Å². The standard InChI is InChI=1S/C9H13BrN4/c1-9(2-3-9)4-12-8-6(10)7(11)13-5-14-8/h5H,2-4H2,1H3,(H3,11,12,13,14). The molecule has 2 rings (SSSR count). The number of nitrogen functional groups attached to an aromatic ring is 1. The van der Waals surface area contributed by atoms with Gasteiger partial charge in [0, 0.05) is 6.54 Å². The van der Waals surface area contributed by atoms with Gasteiger partial charge in [0.2, 0.25) is 0 Å². The van der Waals surface area contributed by atoms with Crippen molar-refractivity contribution in [2.24, 2.45) is 5.41 Å². The smallest absolute Gasteiger partial charge is 0.145 e. The molecule has 0 aromatic carbocycles. The predicted molar refractivity (Wildman–Crippen MR) is 60.0 cm³/mol. The minimum absolute atomic E-state index is 0.457. The van der Waals surface area contributed by atoms with Gasteiger partial charge in [-0.15, -0.1) is 0 Å². The fourth-order valence-electron chi connectivity index (χ4n) is 1.19. The van der Waals surface area contributed by atoms with Crippen molar-refractivity contribution < 1.29 is 0 Å². The average Bonchev–Trinajstić information content (AvgIpc) is 2.88. The summed E-state index contributed by atoms with van der Waals surface area (Å²) >= 11 is 3.36. The van der Waals surface area contributed by atoms with E-state index < -0.39 is 0 Å². The van der Waals surface area contributed by atoms with E-state index in [1.807, 2.05) is 0 Å². The number of hydrogen-bond acceptors (Lipinski definition) is 4. The van der Waals surface area contributed by atoms with Gasteiger partial charge in [-0.25, -0.2) is 9.97 Å². The molecule has 0 atom stereocenters. The third-order valence-corrected chi connectivity index (χ3v) is 3.38. The number of rotatable bonds is 3. The van der Waals surface area contributed by atoms with Gasteiger partial charge >= 0.3 is 0 Å². The van der Waals surface area contributed by atoms with Crippen LogP contribution in [0.15, 0.2) is 10.8 Å². The van der Waals surface area contributed by atoms with Crippen LogP contribution in [0.25, 0.3) is 0 Å². The topological polar surface area (TPSA) is 63.8 Å². The van der Waals surface area contributed by atoms with Crippen LogP contribution in [-0.4, -0.2) is 16.5 Å². The average molecular weight is 257 g/mol. The van der Waals surface area contributed by atoms with Gasteiger partial charge in [0.15, 0.2) is 0 Å². The number of anilines is 2. The van der Waals surface area contributed by atoms with E-state index in [1.54, 1.807) is 0 Å². The van der Waals surface area contributed by atoms with Crippen LogP contribution in [0.4, 0.5) is 11.6 Å². The third-order valence-electron chi connectivity index (χ3n) is 2.60. The molecule has 1 heterocycles. The molecule has 1 aliphatic rings. The molecule has 4 nitrogen and oxygen atoms in total. The summed E-state index contributed by atoms with van der Waals surface area (Å²) < 4.78 is 0.754. The molecule has 1 saturated carbocycles. The molecule has 0 amide bonds. The van der Waals surface area contributed by atoms with Crippen LogP contribution in [0.5, 0.6) is 0 Å². The monoisotopic (exact) mass is 256 g/mol. The molecule has 0 spiro atoms. The lowest BCUT2D eigenvalue weighted by molar-refractivity contribution is 0.609. The molecule has 1 aromatic heterocycles. The lowest BCUT2D eigenvalue weighted by Crippen LogP contribution is -2.13. The number of nitrogens with zero attached hydrogens (tertiary/aromatic N) is 2. The van der Waals surface area contributed by atoms with Crippen LogP contribution in [0.3, 0.4) is 0 Å². The Morgan fingerprint density at radius 1 is 1.57 bits per heavy atom. The van der Waals surface area contributed by atoms with Crippen LogP contribution in [0.1, 0.15) is 19.8 Å². The lowest BCUT2D eigenvalue weighted by Gasteiger charge is -2.11. The Labute approximate surface area is 91.4 Å². The van der Waals surface area contributed by atoms with Gasteiger partial charge in [0.1, 0.15) is 22.4 Å². The fraction of sp³-hybridized carbons (Fsp3) is 0.556. The van der Waals surface area contributed by atoms with Gasteiger partial charge < -0.3 is 11.1 Å². The first-order valence-electron chi connectivity index (χ1n) is 4.61. The summed E-state index contributed by atoms with van der Waals surface area (Å²) in [6, 6.07) is 0. The Kier molecular flexibility index (Phi) is 2.34. The van der Waals surface area contributed by atoms with Gasteiger partial charge in [-0.05, 0) is 34.2 Å². The number of halogens is 1. The first kappa shape index (κ1) is 9.71. The summed E-state index contributed by atoms with van der Waals surface area (Å²) in [6.45, 7) is 3.21. The van der Waals surface area contributed by atoms with Crippen LogP contribution in [0, 0.1) is 5.41 Å². The molecule has 3 N–H and O–H groups in total. The normalized spacial score (nSPS) is 17.9. The number of hydrogen-bond donors (Lipinski definition) is 2. The number of nitrogens with one attached hydrogen (secondary N) is 1. The van der Waals surface area contributed by atoms with Crippen molar-refractivity contribution in [3.63, 3.8) is 0 Å². The molecule has 5 heteroatoms. The van der Waals surface area contributed by atoms with E-state index in [1.165, 1.54) is 19.2 Å². The highest BCUT2D eigenvalue weighted by atomic mass is 79.9. The Morgan fingerprint density at radius 2 is 2.29 bits per heavy atom. The molecular formula is C9H13BrN4. The summed E-state index contributed by atoms with van der Waals surface area (Å²) in [5.74, 6) is 1.26. The van der Waals surface area contributed by atoms with Crippen molar-refractivity contribution in [1.29, 1.82) is 0 Å². The highest BCUT2D eigenvalue weighted by Gasteiger charge is 2.36. The van der Waals surface area contributed by atoms with E-state index in [0.29, 0.717) is 11.2 Å². The second-order valence-corrected chi connectivity index (χ2v) is 4.88. The van der Waals surface area contributed by atoms with Crippen molar-refractivity contribution >= 4 is 27.6 Å². The third kappa shape index (κ3) is 1.97. The Morgan fingerprint density at radius 3 is 2.93 bits per heavy atom. The molecule has 14 heavy (non-hydrogen) atoms. The van der Waals surface area contributed by atoms with Crippen molar-refractivity contribution in [3.8, 4) is 0 Å². The zero-order valence-corrected chi connectivity index (χ0v) is 9.63. The van der Waals surface area contributed by atoms with Crippen LogP contribution in [0.2, 0.25) is 0 Å². The maximum Gasteiger partial charge on any atom is 0.145 e. The molecule has 76 valence electrons. The maximum absolute atomic E-state index is 5.64. The van der Waals surface area contributed by atoms with Crippen molar-refractivity contribution in [3.05, 3.63) is 10.8 Å². The van der Waals surface area contributed by atoms with Crippen LogP contribution < -0.4 is 11.1 Å². The molecule has 1 fully saturated rings. The van der Waals surface area contributed by atoms with Gasteiger partial charge in [-0.3, -0.25) is 0 Å². The molecular weight excluding hydrogens is 244 g/mol. The summed E-state index contributed by atoms with van der Waals surface area (Å²) in [7, 11) is 0. The number of nitrogens with two attached hydrogens (primary N) is 1. The minimum Gasteiger partial charge on any atom is -0.383 e. The summed E-state index contributed by atoms with van der Waals surface area (Å²) in [4.78, 5) is 8.00. The van der Waals surface area contributed by atoms with Crippen LogP contribution in [-0.2, 0) is 0 Å². The zero-order valence-electron chi connectivity index (χ0n) is 8.05.